The molecule has 0 saturated heterocycles. The summed E-state index contributed by atoms with van der Waals surface area (Å²) >= 11 is 4.53. The molecule has 1 heterocycles. The molecular formula is C7H5F3N2OS. The fraction of sp³-hybridized carbons (Fsp3) is 0.143. The molecule has 2 N–H and O–H groups in total. The Kier molecular flexibility index (Phi) is 2.90. The van der Waals surface area contributed by atoms with Crippen LogP contribution in [-0.2, 0) is 0 Å². The number of nitrogens with zero attached hydrogens (tertiary/aromatic N) is 1. The van der Waals surface area contributed by atoms with E-state index in [9.17, 15) is 13.2 Å². The van der Waals surface area contributed by atoms with E-state index in [1.165, 1.54) is 0 Å². The van der Waals surface area contributed by atoms with E-state index >= 15 is 0 Å². The van der Waals surface area contributed by atoms with Gasteiger partial charge in [0.1, 0.15) is 10.7 Å². The van der Waals surface area contributed by atoms with Crippen molar-refractivity contribution in [2.75, 3.05) is 0 Å². The van der Waals surface area contributed by atoms with Crippen LogP contribution < -0.4 is 10.5 Å². The summed E-state index contributed by atoms with van der Waals surface area (Å²) in [7, 11) is 0. The molecule has 0 aliphatic heterocycles. The first kappa shape index (κ1) is 10.7. The molecule has 0 aliphatic rings. The highest BCUT2D eigenvalue weighted by molar-refractivity contribution is 7.80. The van der Waals surface area contributed by atoms with Crippen LogP contribution >= 0.6 is 12.2 Å². The molecule has 7 heteroatoms. The zero-order chi connectivity index (χ0) is 10.8. The van der Waals surface area contributed by atoms with Crippen molar-refractivity contribution < 1.29 is 17.9 Å². The lowest BCUT2D eigenvalue weighted by atomic mass is 10.2. The minimum atomic E-state index is -4.76. The molecule has 0 aliphatic carbocycles. The predicted octanol–water partition coefficient (Wildman–Crippen LogP) is 1.61. The van der Waals surface area contributed by atoms with Gasteiger partial charge in [-0.1, -0.05) is 12.2 Å². The van der Waals surface area contributed by atoms with Crippen molar-refractivity contribution in [1.29, 1.82) is 0 Å². The third-order valence-electron chi connectivity index (χ3n) is 1.27. The molecule has 0 aromatic carbocycles. The van der Waals surface area contributed by atoms with E-state index in [0.29, 0.717) is 0 Å². The quantitative estimate of drug-likeness (QED) is 0.772. The maximum atomic E-state index is 11.9. The van der Waals surface area contributed by atoms with Crippen molar-refractivity contribution in [1.82, 2.24) is 4.98 Å². The number of alkyl halides is 3. The van der Waals surface area contributed by atoms with Gasteiger partial charge in [0.2, 0.25) is 0 Å². The molecule has 0 amide bonds. The van der Waals surface area contributed by atoms with Crippen LogP contribution in [0.2, 0.25) is 0 Å². The van der Waals surface area contributed by atoms with E-state index in [0.717, 1.165) is 18.5 Å². The topological polar surface area (TPSA) is 48.1 Å². The van der Waals surface area contributed by atoms with Gasteiger partial charge in [-0.15, -0.1) is 13.2 Å². The largest absolute Gasteiger partial charge is 0.573 e. The summed E-state index contributed by atoms with van der Waals surface area (Å²) in [5.74, 6) is -0.444. The molecule has 3 nitrogen and oxygen atoms in total. The van der Waals surface area contributed by atoms with E-state index in [2.05, 4.69) is 21.9 Å². The summed E-state index contributed by atoms with van der Waals surface area (Å²) in [6, 6.07) is 1.04. The molecule has 0 fully saturated rings. The molecule has 1 aromatic rings. The molecular weight excluding hydrogens is 217 g/mol. The van der Waals surface area contributed by atoms with Crippen molar-refractivity contribution in [3.63, 3.8) is 0 Å². The van der Waals surface area contributed by atoms with Crippen molar-refractivity contribution in [3.8, 4) is 5.75 Å². The molecule has 1 aromatic heterocycles. The number of halogens is 3. The highest BCUT2D eigenvalue weighted by Gasteiger charge is 2.32. The number of thiocarbonyl (C=S) groups is 1. The van der Waals surface area contributed by atoms with Crippen LogP contribution in [-0.4, -0.2) is 16.3 Å². The number of nitrogens with two attached hydrogens (primary N) is 1. The molecule has 0 saturated carbocycles. The summed E-state index contributed by atoms with van der Waals surface area (Å²) in [6.07, 6.45) is -2.49. The fourth-order valence-corrected chi connectivity index (χ4v) is 0.934. The van der Waals surface area contributed by atoms with Gasteiger partial charge in [0.15, 0.2) is 0 Å². The smallest absolute Gasteiger partial charge is 0.405 e. The average molecular weight is 222 g/mol. The Morgan fingerprint density at radius 1 is 1.50 bits per heavy atom. The second-order valence-electron chi connectivity index (χ2n) is 2.28. The fourth-order valence-electron chi connectivity index (χ4n) is 0.780. The van der Waals surface area contributed by atoms with Crippen LogP contribution in [0.5, 0.6) is 5.75 Å². The van der Waals surface area contributed by atoms with Gasteiger partial charge >= 0.3 is 6.36 Å². The van der Waals surface area contributed by atoms with Crippen molar-refractivity contribution in [2.24, 2.45) is 5.73 Å². The van der Waals surface area contributed by atoms with Crippen molar-refractivity contribution in [2.45, 2.75) is 6.36 Å². The Balaban J connectivity index is 3.02. The number of rotatable bonds is 2. The second-order valence-corrected chi connectivity index (χ2v) is 2.72. The number of pyridine rings is 1. The first-order chi connectivity index (χ1) is 6.40. The van der Waals surface area contributed by atoms with Gasteiger partial charge in [0.05, 0.1) is 5.56 Å². The Hall–Kier alpha value is -1.37. The minimum absolute atomic E-state index is 0.0418. The molecule has 0 atom stereocenters. The second kappa shape index (κ2) is 3.79. The van der Waals surface area contributed by atoms with E-state index in [1.807, 2.05) is 0 Å². The highest BCUT2D eigenvalue weighted by Crippen LogP contribution is 2.25. The molecule has 0 bridgehead atoms. The SMILES string of the molecule is NC(=S)c1cnccc1OC(F)(F)F. The Labute approximate surface area is 82.7 Å². The third kappa shape index (κ3) is 2.84. The van der Waals surface area contributed by atoms with E-state index < -0.39 is 12.1 Å². The monoisotopic (exact) mass is 222 g/mol. The number of ether oxygens (including phenoxy) is 1. The molecule has 1 rings (SSSR count). The summed E-state index contributed by atoms with van der Waals surface area (Å²) in [5, 5.41) is 0. The Morgan fingerprint density at radius 3 is 2.64 bits per heavy atom. The number of hydrogen-bond acceptors (Lipinski definition) is 3. The summed E-state index contributed by atoms with van der Waals surface area (Å²) in [4.78, 5) is 3.38. The standard InChI is InChI=1S/C7H5F3N2OS/c8-7(9,10)13-5-1-2-12-3-4(5)6(11)14/h1-3H,(H2,11,14). The van der Waals surface area contributed by atoms with Gasteiger partial charge in [-0.05, 0) is 6.07 Å². The van der Waals surface area contributed by atoms with Crippen LogP contribution in [0.1, 0.15) is 5.56 Å². The van der Waals surface area contributed by atoms with Crippen LogP contribution in [0.25, 0.3) is 0 Å². The van der Waals surface area contributed by atoms with Crippen molar-refractivity contribution >= 4 is 17.2 Å². The van der Waals surface area contributed by atoms with Crippen LogP contribution in [0.15, 0.2) is 18.5 Å². The first-order valence-corrected chi connectivity index (χ1v) is 3.80. The summed E-state index contributed by atoms with van der Waals surface area (Å²) < 4.78 is 39.3. The third-order valence-corrected chi connectivity index (χ3v) is 1.49. The maximum Gasteiger partial charge on any atom is 0.573 e. The lowest BCUT2D eigenvalue weighted by Crippen LogP contribution is -2.20. The summed E-state index contributed by atoms with van der Waals surface area (Å²) in [5.41, 5.74) is 5.14. The minimum Gasteiger partial charge on any atom is -0.405 e. The van der Waals surface area contributed by atoms with E-state index in [1.54, 1.807) is 0 Å². The lowest BCUT2D eigenvalue weighted by molar-refractivity contribution is -0.274. The van der Waals surface area contributed by atoms with Crippen LogP contribution in [0.4, 0.5) is 13.2 Å². The van der Waals surface area contributed by atoms with E-state index in [-0.39, 0.29) is 10.6 Å². The highest BCUT2D eigenvalue weighted by atomic mass is 32.1. The molecule has 0 unspecified atom stereocenters. The van der Waals surface area contributed by atoms with Gasteiger partial charge in [0.25, 0.3) is 0 Å². The average Bonchev–Trinajstić information content (AvgIpc) is 2.01. The number of hydrogen-bond donors (Lipinski definition) is 1. The lowest BCUT2D eigenvalue weighted by Gasteiger charge is -2.11. The van der Waals surface area contributed by atoms with Crippen LogP contribution in [0.3, 0.4) is 0 Å². The van der Waals surface area contributed by atoms with Gasteiger partial charge in [-0.3, -0.25) is 4.98 Å². The molecule has 14 heavy (non-hydrogen) atoms. The maximum absolute atomic E-state index is 11.9. The molecule has 76 valence electrons. The molecule has 0 radical (unpaired) electrons. The summed E-state index contributed by atoms with van der Waals surface area (Å²) in [6.45, 7) is 0. The van der Waals surface area contributed by atoms with E-state index in [4.69, 9.17) is 5.73 Å². The van der Waals surface area contributed by atoms with Gasteiger partial charge in [-0.2, -0.15) is 0 Å². The van der Waals surface area contributed by atoms with Crippen molar-refractivity contribution in [3.05, 3.63) is 24.0 Å². The molecule has 0 spiro atoms. The van der Waals surface area contributed by atoms with Gasteiger partial charge in [0, 0.05) is 12.4 Å². The Morgan fingerprint density at radius 2 is 2.14 bits per heavy atom. The van der Waals surface area contributed by atoms with Gasteiger partial charge in [-0.25, -0.2) is 0 Å². The normalized spacial score (nSPS) is 11.1. The zero-order valence-electron chi connectivity index (χ0n) is 6.71. The number of aromatic nitrogens is 1. The Bertz CT molecular complexity index is 353. The van der Waals surface area contributed by atoms with Crippen LogP contribution in [0, 0.1) is 0 Å². The zero-order valence-corrected chi connectivity index (χ0v) is 7.52. The first-order valence-electron chi connectivity index (χ1n) is 3.40. The predicted molar refractivity (Wildman–Crippen MR) is 46.8 cm³/mol. The van der Waals surface area contributed by atoms with Gasteiger partial charge < -0.3 is 10.5 Å².